The number of anilines is 1. The lowest BCUT2D eigenvalue weighted by Crippen LogP contribution is -2.33. The summed E-state index contributed by atoms with van der Waals surface area (Å²) < 4.78 is 44.7. The second-order valence-corrected chi connectivity index (χ2v) is 4.87. The van der Waals surface area contributed by atoms with Gasteiger partial charge in [-0.15, -0.1) is 0 Å². The lowest BCUT2D eigenvalue weighted by molar-refractivity contribution is 0.174. The summed E-state index contributed by atoms with van der Waals surface area (Å²) in [7, 11) is 1.48. The summed E-state index contributed by atoms with van der Waals surface area (Å²) in [6.45, 7) is -0.205. The number of aliphatic hydroxyl groups excluding tert-OH is 1. The molecule has 0 spiro atoms. The standard InChI is InChI=1S/C16H15F3N2O3/c1-24-11-4-2-3-9(5-11)14(22)8-20-16(23)21-15-12(18)6-10(17)7-13(15)19/h2-7,14,22H,8H2,1H3,(H2,20,21,23). The maximum Gasteiger partial charge on any atom is 0.319 e. The zero-order chi connectivity index (χ0) is 17.7. The molecule has 0 aliphatic carbocycles. The first-order valence-electron chi connectivity index (χ1n) is 6.92. The fourth-order valence-corrected chi connectivity index (χ4v) is 1.98. The van der Waals surface area contributed by atoms with Crippen molar-refractivity contribution in [2.45, 2.75) is 6.10 Å². The van der Waals surface area contributed by atoms with Crippen molar-refractivity contribution >= 4 is 11.7 Å². The van der Waals surface area contributed by atoms with Crippen molar-refractivity contribution in [3.8, 4) is 5.75 Å². The number of amides is 2. The highest BCUT2D eigenvalue weighted by molar-refractivity contribution is 5.89. The first-order valence-corrected chi connectivity index (χ1v) is 6.92. The molecule has 0 aliphatic heterocycles. The highest BCUT2D eigenvalue weighted by atomic mass is 19.1. The molecule has 0 bridgehead atoms. The molecule has 2 amide bonds. The Morgan fingerprint density at radius 1 is 1.21 bits per heavy atom. The van der Waals surface area contributed by atoms with Crippen LogP contribution in [0.2, 0.25) is 0 Å². The number of halogens is 3. The van der Waals surface area contributed by atoms with E-state index in [1.165, 1.54) is 7.11 Å². The Kier molecular flexibility index (Phi) is 5.64. The highest BCUT2D eigenvalue weighted by Gasteiger charge is 2.15. The van der Waals surface area contributed by atoms with Crippen LogP contribution in [-0.4, -0.2) is 24.8 Å². The molecular weight excluding hydrogens is 325 g/mol. The molecule has 1 atom stereocenters. The zero-order valence-electron chi connectivity index (χ0n) is 12.6. The van der Waals surface area contributed by atoms with E-state index in [2.05, 4.69) is 5.32 Å². The average molecular weight is 340 g/mol. The molecule has 8 heteroatoms. The minimum Gasteiger partial charge on any atom is -0.497 e. The molecule has 3 N–H and O–H groups in total. The van der Waals surface area contributed by atoms with E-state index < -0.39 is 35.3 Å². The van der Waals surface area contributed by atoms with E-state index >= 15 is 0 Å². The predicted octanol–water partition coefficient (Wildman–Crippen LogP) is 2.97. The lowest BCUT2D eigenvalue weighted by Gasteiger charge is -2.14. The van der Waals surface area contributed by atoms with Gasteiger partial charge in [-0.2, -0.15) is 0 Å². The minimum absolute atomic E-state index is 0.205. The van der Waals surface area contributed by atoms with Gasteiger partial charge in [0, 0.05) is 18.7 Å². The Hall–Kier alpha value is -2.74. The quantitative estimate of drug-likeness (QED) is 0.784. The normalized spacial score (nSPS) is 11.7. The predicted molar refractivity (Wildman–Crippen MR) is 81.3 cm³/mol. The summed E-state index contributed by atoms with van der Waals surface area (Å²) in [6.07, 6.45) is -1.05. The number of benzene rings is 2. The van der Waals surface area contributed by atoms with Crippen LogP contribution in [-0.2, 0) is 0 Å². The van der Waals surface area contributed by atoms with Crippen molar-refractivity contribution in [3.05, 3.63) is 59.4 Å². The van der Waals surface area contributed by atoms with Gasteiger partial charge in [0.25, 0.3) is 0 Å². The number of ether oxygens (including phenoxy) is 1. The van der Waals surface area contributed by atoms with Gasteiger partial charge in [0.15, 0.2) is 11.6 Å². The Morgan fingerprint density at radius 3 is 2.50 bits per heavy atom. The van der Waals surface area contributed by atoms with Gasteiger partial charge in [0.1, 0.15) is 17.3 Å². The van der Waals surface area contributed by atoms with Crippen LogP contribution < -0.4 is 15.4 Å². The van der Waals surface area contributed by atoms with E-state index in [0.29, 0.717) is 23.4 Å². The van der Waals surface area contributed by atoms with E-state index in [4.69, 9.17) is 4.74 Å². The van der Waals surface area contributed by atoms with Crippen molar-refractivity contribution < 1.29 is 27.8 Å². The fourth-order valence-electron chi connectivity index (χ4n) is 1.98. The van der Waals surface area contributed by atoms with Crippen molar-refractivity contribution in [3.63, 3.8) is 0 Å². The summed E-state index contributed by atoms with van der Waals surface area (Å²) in [5.41, 5.74) is -0.279. The number of carbonyl (C=O) groups is 1. The number of methoxy groups -OCH3 is 1. The number of carbonyl (C=O) groups excluding carboxylic acids is 1. The van der Waals surface area contributed by atoms with E-state index in [9.17, 15) is 23.1 Å². The lowest BCUT2D eigenvalue weighted by atomic mass is 10.1. The average Bonchev–Trinajstić information content (AvgIpc) is 2.56. The Bertz CT molecular complexity index is 717. The van der Waals surface area contributed by atoms with E-state index in [1.54, 1.807) is 24.3 Å². The van der Waals surface area contributed by atoms with E-state index in [0.717, 1.165) is 0 Å². The van der Waals surface area contributed by atoms with Gasteiger partial charge < -0.3 is 20.5 Å². The molecule has 24 heavy (non-hydrogen) atoms. The van der Waals surface area contributed by atoms with E-state index in [-0.39, 0.29) is 6.54 Å². The smallest absolute Gasteiger partial charge is 0.319 e. The van der Waals surface area contributed by atoms with Crippen molar-refractivity contribution in [2.24, 2.45) is 0 Å². The summed E-state index contributed by atoms with van der Waals surface area (Å²) >= 11 is 0. The Morgan fingerprint density at radius 2 is 1.88 bits per heavy atom. The number of hydrogen-bond donors (Lipinski definition) is 3. The monoisotopic (exact) mass is 340 g/mol. The second kappa shape index (κ2) is 7.69. The van der Waals surface area contributed by atoms with Gasteiger partial charge in [-0.05, 0) is 17.7 Å². The number of urea groups is 1. The van der Waals surface area contributed by atoms with Crippen molar-refractivity contribution in [1.82, 2.24) is 5.32 Å². The summed E-state index contributed by atoms with van der Waals surface area (Å²) in [6, 6.07) is 6.53. The molecule has 0 aromatic heterocycles. The van der Waals surface area contributed by atoms with Gasteiger partial charge in [0.2, 0.25) is 0 Å². The number of aliphatic hydroxyl groups is 1. The Labute approximate surface area is 136 Å². The van der Waals surface area contributed by atoms with Crippen molar-refractivity contribution in [2.75, 3.05) is 19.0 Å². The number of rotatable bonds is 5. The van der Waals surface area contributed by atoms with Crippen LogP contribution in [0.25, 0.3) is 0 Å². The van der Waals surface area contributed by atoms with Crippen molar-refractivity contribution in [1.29, 1.82) is 0 Å². The second-order valence-electron chi connectivity index (χ2n) is 4.87. The van der Waals surface area contributed by atoms with Gasteiger partial charge in [-0.25, -0.2) is 18.0 Å². The van der Waals surface area contributed by atoms with Crippen LogP contribution in [0.4, 0.5) is 23.7 Å². The fraction of sp³-hybridized carbons (Fsp3) is 0.188. The molecule has 1 unspecified atom stereocenters. The van der Waals surface area contributed by atoms with Crippen LogP contribution in [0.3, 0.4) is 0 Å². The third kappa shape index (κ3) is 4.39. The topological polar surface area (TPSA) is 70.6 Å². The highest BCUT2D eigenvalue weighted by Crippen LogP contribution is 2.21. The van der Waals surface area contributed by atoms with Crippen LogP contribution in [0.15, 0.2) is 36.4 Å². The molecule has 0 fully saturated rings. The molecule has 5 nitrogen and oxygen atoms in total. The largest absolute Gasteiger partial charge is 0.497 e. The number of nitrogens with one attached hydrogen (secondary N) is 2. The first-order chi connectivity index (χ1) is 11.4. The third-order valence-electron chi connectivity index (χ3n) is 3.18. The molecule has 2 aromatic carbocycles. The number of hydrogen-bond acceptors (Lipinski definition) is 3. The summed E-state index contributed by atoms with van der Waals surface area (Å²) in [5, 5.41) is 14.2. The SMILES string of the molecule is COc1cccc(C(O)CNC(=O)Nc2c(F)cc(F)cc2F)c1. The summed E-state index contributed by atoms with van der Waals surface area (Å²) in [4.78, 5) is 11.7. The van der Waals surface area contributed by atoms with Crippen LogP contribution in [0.1, 0.15) is 11.7 Å². The van der Waals surface area contributed by atoms with Gasteiger partial charge in [-0.1, -0.05) is 12.1 Å². The van der Waals surface area contributed by atoms with E-state index in [1.807, 2.05) is 5.32 Å². The molecule has 2 aromatic rings. The van der Waals surface area contributed by atoms with Crippen LogP contribution in [0.5, 0.6) is 5.75 Å². The maximum absolute atomic E-state index is 13.4. The van der Waals surface area contributed by atoms with Crippen LogP contribution >= 0.6 is 0 Å². The van der Waals surface area contributed by atoms with Crippen LogP contribution in [0, 0.1) is 17.5 Å². The first kappa shape index (κ1) is 17.6. The molecule has 0 heterocycles. The summed E-state index contributed by atoms with van der Waals surface area (Å²) in [5.74, 6) is -3.04. The van der Waals surface area contributed by atoms with Gasteiger partial charge in [0.05, 0.1) is 13.2 Å². The maximum atomic E-state index is 13.4. The molecule has 0 radical (unpaired) electrons. The minimum atomic E-state index is -1.24. The third-order valence-corrected chi connectivity index (χ3v) is 3.18. The molecule has 0 saturated heterocycles. The molecule has 128 valence electrons. The van der Waals surface area contributed by atoms with Gasteiger partial charge in [-0.3, -0.25) is 0 Å². The molecule has 0 saturated carbocycles. The molecular formula is C16H15F3N2O3. The van der Waals surface area contributed by atoms with Gasteiger partial charge >= 0.3 is 6.03 Å². The zero-order valence-corrected chi connectivity index (χ0v) is 12.6. The molecule has 0 aliphatic rings. The molecule has 2 rings (SSSR count). The Balaban J connectivity index is 1.96.